The van der Waals surface area contributed by atoms with Gasteiger partial charge in [-0.05, 0) is 58.7 Å². The van der Waals surface area contributed by atoms with Gasteiger partial charge < -0.3 is 10.2 Å². The van der Waals surface area contributed by atoms with Crippen LogP contribution in [0, 0.1) is 5.82 Å². The number of anilines is 2. The number of fused-ring (bicyclic) bond motifs is 1. The molecule has 1 aromatic heterocycles. The smallest absolute Gasteiger partial charge is 0.258 e. The molecule has 0 radical (unpaired) electrons. The molecule has 184 valence electrons. The molecule has 0 fully saturated rings. The highest BCUT2D eigenvalue weighted by molar-refractivity contribution is 6.08. The molecule has 5 rings (SSSR count). The van der Waals surface area contributed by atoms with E-state index in [1.54, 1.807) is 23.2 Å². The van der Waals surface area contributed by atoms with Crippen LogP contribution in [-0.4, -0.2) is 10.9 Å². The summed E-state index contributed by atoms with van der Waals surface area (Å²) in [5, 5.41) is 5.59. The van der Waals surface area contributed by atoms with Gasteiger partial charge in [0.1, 0.15) is 11.6 Å². The Morgan fingerprint density at radius 1 is 0.865 bits per heavy atom. The van der Waals surface area contributed by atoms with E-state index in [4.69, 9.17) is 0 Å². The van der Waals surface area contributed by atoms with Gasteiger partial charge in [0, 0.05) is 23.5 Å². The van der Waals surface area contributed by atoms with E-state index in [9.17, 15) is 9.18 Å². The Kier molecular flexibility index (Phi) is 7.22. The second kappa shape index (κ2) is 11.0. The summed E-state index contributed by atoms with van der Waals surface area (Å²) < 4.78 is 13.6. The van der Waals surface area contributed by atoms with Crippen LogP contribution in [0.25, 0.3) is 10.8 Å². The summed E-state index contributed by atoms with van der Waals surface area (Å²) in [7, 11) is 0. The van der Waals surface area contributed by atoms with E-state index in [2.05, 4.69) is 29.4 Å². The normalized spacial score (nSPS) is 11.7. The number of pyridine rings is 1. The van der Waals surface area contributed by atoms with Gasteiger partial charge in [-0.2, -0.15) is 0 Å². The fourth-order valence-electron chi connectivity index (χ4n) is 4.48. The first kappa shape index (κ1) is 24.2. The second-order valence-corrected chi connectivity index (χ2v) is 8.99. The third-order valence-corrected chi connectivity index (χ3v) is 6.48. The summed E-state index contributed by atoms with van der Waals surface area (Å²) in [6.07, 6.45) is 2.59. The highest BCUT2D eigenvalue weighted by Gasteiger charge is 2.20. The Labute approximate surface area is 216 Å². The molecule has 4 aromatic carbocycles. The van der Waals surface area contributed by atoms with Crippen molar-refractivity contribution >= 4 is 28.2 Å². The van der Waals surface area contributed by atoms with E-state index in [1.165, 1.54) is 17.7 Å². The molecule has 37 heavy (non-hydrogen) atoms. The van der Waals surface area contributed by atoms with Gasteiger partial charge in [0.15, 0.2) is 0 Å². The molecule has 0 aliphatic rings. The van der Waals surface area contributed by atoms with Gasteiger partial charge in [-0.15, -0.1) is 0 Å². The van der Waals surface area contributed by atoms with Crippen LogP contribution in [0.3, 0.4) is 0 Å². The van der Waals surface area contributed by atoms with Crippen molar-refractivity contribution in [1.29, 1.82) is 0 Å². The maximum absolute atomic E-state index is 13.9. The highest BCUT2D eigenvalue weighted by atomic mass is 19.1. The van der Waals surface area contributed by atoms with Gasteiger partial charge in [-0.25, -0.2) is 9.37 Å². The van der Waals surface area contributed by atoms with E-state index in [1.807, 2.05) is 72.8 Å². The van der Waals surface area contributed by atoms with Crippen molar-refractivity contribution in [3.05, 3.63) is 138 Å². The van der Waals surface area contributed by atoms with Crippen molar-refractivity contribution in [3.8, 4) is 0 Å². The van der Waals surface area contributed by atoms with Crippen LogP contribution in [0.5, 0.6) is 0 Å². The Morgan fingerprint density at radius 2 is 1.59 bits per heavy atom. The monoisotopic (exact) mass is 489 g/mol. The van der Waals surface area contributed by atoms with E-state index in [0.29, 0.717) is 23.6 Å². The number of hydrogen-bond acceptors (Lipinski definition) is 3. The fourth-order valence-corrected chi connectivity index (χ4v) is 4.48. The molecule has 1 amide bonds. The summed E-state index contributed by atoms with van der Waals surface area (Å²) in [6, 6.07) is 34.0. The summed E-state index contributed by atoms with van der Waals surface area (Å²) in [6.45, 7) is 2.42. The highest BCUT2D eigenvalue weighted by Crippen LogP contribution is 2.27. The molecule has 5 aromatic rings. The summed E-state index contributed by atoms with van der Waals surface area (Å²) in [5.74, 6) is 0.240. The summed E-state index contributed by atoms with van der Waals surface area (Å²) in [5.41, 5.74) is 3.30. The maximum atomic E-state index is 13.9. The number of hydrogen-bond donors (Lipinski definition) is 1. The number of nitrogens with one attached hydrogen (secondary N) is 1. The van der Waals surface area contributed by atoms with E-state index in [0.717, 1.165) is 22.8 Å². The molecule has 0 saturated heterocycles. The van der Waals surface area contributed by atoms with Crippen LogP contribution in [0.15, 0.2) is 115 Å². The molecule has 1 N–H and O–H groups in total. The minimum atomic E-state index is -0.307. The van der Waals surface area contributed by atoms with Gasteiger partial charge in [-0.1, -0.05) is 79.7 Å². The summed E-state index contributed by atoms with van der Waals surface area (Å²) >= 11 is 0. The number of nitrogens with zero attached hydrogens (tertiary/aromatic N) is 2. The van der Waals surface area contributed by atoms with Crippen LogP contribution in [0.4, 0.5) is 15.9 Å². The lowest BCUT2D eigenvalue weighted by Crippen LogP contribution is -2.30. The first-order chi connectivity index (χ1) is 18.1. The Morgan fingerprint density at radius 3 is 2.35 bits per heavy atom. The molecule has 0 aliphatic heterocycles. The zero-order chi connectivity index (χ0) is 25.6. The third kappa shape index (κ3) is 5.67. The van der Waals surface area contributed by atoms with Crippen LogP contribution in [0.1, 0.15) is 40.9 Å². The zero-order valence-electron chi connectivity index (χ0n) is 20.6. The molecule has 1 atom stereocenters. The number of carbonyl (C=O) groups excluding carboxylic acids is 1. The van der Waals surface area contributed by atoms with Crippen LogP contribution in [-0.2, 0) is 6.54 Å². The molecule has 0 aliphatic carbocycles. The lowest BCUT2D eigenvalue weighted by atomic mass is 10.0. The van der Waals surface area contributed by atoms with Crippen molar-refractivity contribution in [1.82, 2.24) is 4.98 Å². The minimum Gasteiger partial charge on any atom is -0.363 e. The topological polar surface area (TPSA) is 45.2 Å². The predicted molar refractivity (Wildman–Crippen MR) is 148 cm³/mol. The quantitative estimate of drug-likeness (QED) is 0.242. The number of aromatic nitrogens is 1. The Bertz CT molecular complexity index is 1500. The van der Waals surface area contributed by atoms with E-state index in [-0.39, 0.29) is 17.8 Å². The van der Waals surface area contributed by atoms with E-state index < -0.39 is 0 Å². The molecule has 4 nitrogen and oxygen atoms in total. The van der Waals surface area contributed by atoms with Crippen molar-refractivity contribution in [2.45, 2.75) is 25.9 Å². The molecule has 5 heteroatoms. The van der Waals surface area contributed by atoms with Crippen LogP contribution in [0.2, 0.25) is 0 Å². The zero-order valence-corrected chi connectivity index (χ0v) is 20.6. The maximum Gasteiger partial charge on any atom is 0.258 e. The number of carbonyl (C=O) groups is 1. The third-order valence-electron chi connectivity index (χ3n) is 6.48. The van der Waals surface area contributed by atoms with Gasteiger partial charge in [0.2, 0.25) is 0 Å². The second-order valence-electron chi connectivity index (χ2n) is 8.99. The average Bonchev–Trinajstić information content (AvgIpc) is 2.95. The van der Waals surface area contributed by atoms with Crippen molar-refractivity contribution in [2.24, 2.45) is 0 Å². The van der Waals surface area contributed by atoms with Gasteiger partial charge in [0.25, 0.3) is 5.91 Å². The van der Waals surface area contributed by atoms with Crippen molar-refractivity contribution in [2.75, 3.05) is 10.2 Å². The SMILES string of the molecule is CCC(Nc1cc(N(Cc2ccc(F)cc2)C(=O)c2ccc3ccccc3c2)ccn1)c1ccccc1. The minimum absolute atomic E-state index is 0.0886. The first-order valence-corrected chi connectivity index (χ1v) is 12.4. The van der Waals surface area contributed by atoms with Crippen LogP contribution >= 0.6 is 0 Å². The predicted octanol–water partition coefficient (Wildman–Crippen LogP) is 7.78. The van der Waals surface area contributed by atoms with Crippen molar-refractivity contribution < 1.29 is 9.18 Å². The number of benzene rings is 4. The first-order valence-electron chi connectivity index (χ1n) is 12.4. The van der Waals surface area contributed by atoms with E-state index >= 15 is 0 Å². The largest absolute Gasteiger partial charge is 0.363 e. The number of amides is 1. The standard InChI is InChI=1S/C32H28FN3O/c1-2-30(25-9-4-3-5-10-25)35-31-21-29(18-19-34-31)36(22-23-12-16-28(33)17-13-23)32(37)27-15-14-24-8-6-7-11-26(24)20-27/h3-21,30H,2,22H2,1H3,(H,34,35). The molecule has 1 unspecified atom stereocenters. The Hall–Kier alpha value is -4.51. The lowest BCUT2D eigenvalue weighted by Gasteiger charge is -2.25. The number of halogens is 1. The van der Waals surface area contributed by atoms with Gasteiger partial charge in [-0.3, -0.25) is 4.79 Å². The summed E-state index contributed by atoms with van der Waals surface area (Å²) in [4.78, 5) is 20.1. The van der Waals surface area contributed by atoms with Crippen molar-refractivity contribution in [3.63, 3.8) is 0 Å². The number of rotatable bonds is 8. The molecular formula is C32H28FN3O. The van der Waals surface area contributed by atoms with Gasteiger partial charge in [0.05, 0.1) is 12.6 Å². The molecule has 0 spiro atoms. The van der Waals surface area contributed by atoms with Gasteiger partial charge >= 0.3 is 0 Å². The molecule has 1 heterocycles. The lowest BCUT2D eigenvalue weighted by molar-refractivity contribution is 0.0985. The molecular weight excluding hydrogens is 461 g/mol. The molecule has 0 saturated carbocycles. The Balaban J connectivity index is 1.49. The molecule has 0 bridgehead atoms. The van der Waals surface area contributed by atoms with Crippen LogP contribution < -0.4 is 10.2 Å². The average molecular weight is 490 g/mol. The fraction of sp³-hybridized carbons (Fsp3) is 0.125.